The molecule has 4 nitrogen and oxygen atoms in total. The first-order chi connectivity index (χ1) is 13.3. The molecule has 0 bridgehead atoms. The van der Waals surface area contributed by atoms with Gasteiger partial charge in [0.25, 0.3) is 0 Å². The minimum absolute atomic E-state index is 0.0363. The second-order valence-electron chi connectivity index (χ2n) is 6.87. The maximum atomic E-state index is 12.8. The number of rotatable bonds is 6. The number of carbonyl (C=O) groups excluding carboxylic acids is 1. The van der Waals surface area contributed by atoms with E-state index in [4.69, 9.17) is 9.47 Å². The molecule has 1 aliphatic heterocycles. The number of aryl methyl sites for hydroxylation is 1. The maximum Gasteiger partial charge on any atom is 0.416 e. The van der Waals surface area contributed by atoms with Crippen LogP contribution in [0.1, 0.15) is 29.5 Å². The Bertz CT molecular complexity index is 830. The third-order valence-electron chi connectivity index (χ3n) is 4.48. The van der Waals surface area contributed by atoms with Gasteiger partial charge >= 0.3 is 6.18 Å². The van der Waals surface area contributed by atoms with Crippen molar-refractivity contribution in [3.8, 4) is 5.75 Å². The topological polar surface area (TPSA) is 47.6 Å². The van der Waals surface area contributed by atoms with Crippen LogP contribution < -0.4 is 10.1 Å². The number of hydrogen-bond acceptors (Lipinski definition) is 3. The van der Waals surface area contributed by atoms with Crippen LogP contribution in [0.25, 0.3) is 0 Å². The zero-order valence-corrected chi connectivity index (χ0v) is 15.5. The molecule has 0 spiro atoms. The molecule has 1 fully saturated rings. The van der Waals surface area contributed by atoms with E-state index in [2.05, 4.69) is 5.32 Å². The van der Waals surface area contributed by atoms with Gasteiger partial charge in [-0.3, -0.25) is 4.79 Å². The number of carbonyl (C=O) groups is 1. The highest BCUT2D eigenvalue weighted by atomic mass is 19.4. The fraction of sp³-hybridized carbons (Fsp3) is 0.381. The van der Waals surface area contributed by atoms with E-state index >= 15 is 0 Å². The van der Waals surface area contributed by atoms with Crippen molar-refractivity contribution in [3.63, 3.8) is 0 Å². The quantitative estimate of drug-likeness (QED) is 0.770. The Morgan fingerprint density at radius 1 is 1.25 bits per heavy atom. The molecule has 0 aromatic heterocycles. The first kappa shape index (κ1) is 20.2. The van der Waals surface area contributed by atoms with Gasteiger partial charge in [-0.05, 0) is 49.1 Å². The lowest BCUT2D eigenvalue weighted by Crippen LogP contribution is -2.19. The van der Waals surface area contributed by atoms with Crippen LogP contribution in [0.5, 0.6) is 5.75 Å². The first-order valence-corrected chi connectivity index (χ1v) is 9.12. The van der Waals surface area contributed by atoms with Crippen molar-refractivity contribution in [1.29, 1.82) is 0 Å². The number of hydrogen-bond donors (Lipinski definition) is 1. The van der Waals surface area contributed by atoms with Crippen LogP contribution in [0, 0.1) is 6.92 Å². The van der Waals surface area contributed by atoms with Gasteiger partial charge in [-0.1, -0.05) is 24.3 Å². The lowest BCUT2D eigenvalue weighted by Gasteiger charge is -2.16. The third-order valence-corrected chi connectivity index (χ3v) is 4.48. The second kappa shape index (κ2) is 8.65. The Morgan fingerprint density at radius 3 is 2.79 bits per heavy atom. The van der Waals surface area contributed by atoms with Gasteiger partial charge in [-0.15, -0.1) is 0 Å². The molecule has 1 aliphatic rings. The average Bonchev–Trinajstić information content (AvgIpc) is 3.15. The van der Waals surface area contributed by atoms with E-state index in [9.17, 15) is 18.0 Å². The van der Waals surface area contributed by atoms with Gasteiger partial charge in [0.2, 0.25) is 5.91 Å². The summed E-state index contributed by atoms with van der Waals surface area (Å²) in [5.41, 5.74) is 0.980. The fourth-order valence-electron chi connectivity index (χ4n) is 3.05. The molecule has 150 valence electrons. The minimum Gasteiger partial charge on any atom is -0.489 e. The minimum atomic E-state index is -4.44. The number of ether oxygens (including phenoxy) is 2. The van der Waals surface area contributed by atoms with Gasteiger partial charge < -0.3 is 14.8 Å². The number of halogens is 3. The molecule has 1 saturated heterocycles. The zero-order chi connectivity index (χ0) is 20.1. The van der Waals surface area contributed by atoms with Crippen LogP contribution in [0.2, 0.25) is 0 Å². The van der Waals surface area contributed by atoms with Crippen molar-refractivity contribution >= 4 is 11.6 Å². The number of benzene rings is 2. The molecule has 0 aliphatic carbocycles. The molecule has 0 saturated carbocycles. The molecule has 1 amide bonds. The van der Waals surface area contributed by atoms with Crippen LogP contribution in [0.4, 0.5) is 18.9 Å². The highest BCUT2D eigenvalue weighted by Crippen LogP contribution is 2.30. The van der Waals surface area contributed by atoms with Crippen LogP contribution >= 0.6 is 0 Å². The molecule has 2 aromatic carbocycles. The number of anilines is 1. The van der Waals surface area contributed by atoms with E-state index in [-0.39, 0.29) is 12.5 Å². The molecule has 3 rings (SSSR count). The summed E-state index contributed by atoms with van der Waals surface area (Å²) in [6.45, 7) is 3.02. The molecule has 1 N–H and O–H groups in total. The second-order valence-corrected chi connectivity index (χ2v) is 6.87. The Labute approximate surface area is 161 Å². The lowest BCUT2D eigenvalue weighted by atomic mass is 10.1. The van der Waals surface area contributed by atoms with Gasteiger partial charge in [-0.2, -0.15) is 13.2 Å². The normalized spacial score (nSPS) is 16.8. The van der Waals surface area contributed by atoms with Crippen LogP contribution in [0.3, 0.4) is 0 Å². The summed E-state index contributed by atoms with van der Waals surface area (Å²) in [5.74, 6) is 0.109. The molecule has 1 atom stereocenters. The van der Waals surface area contributed by atoms with Crippen LogP contribution in [-0.4, -0.2) is 25.2 Å². The van der Waals surface area contributed by atoms with E-state index in [1.54, 1.807) is 6.07 Å². The van der Waals surface area contributed by atoms with E-state index in [0.717, 1.165) is 37.1 Å². The molecule has 2 aromatic rings. The Morgan fingerprint density at radius 2 is 2.07 bits per heavy atom. The van der Waals surface area contributed by atoms with Gasteiger partial charge in [0, 0.05) is 6.61 Å². The summed E-state index contributed by atoms with van der Waals surface area (Å²) >= 11 is 0. The molecule has 1 unspecified atom stereocenters. The maximum absolute atomic E-state index is 12.8. The highest BCUT2D eigenvalue weighted by Gasteiger charge is 2.30. The van der Waals surface area contributed by atoms with E-state index in [1.807, 2.05) is 19.1 Å². The van der Waals surface area contributed by atoms with Crippen molar-refractivity contribution < 1.29 is 27.4 Å². The molecule has 1 heterocycles. The predicted octanol–water partition coefficient (Wildman–Crippen LogP) is 4.75. The van der Waals surface area contributed by atoms with Gasteiger partial charge in [-0.25, -0.2) is 0 Å². The van der Waals surface area contributed by atoms with Crippen LogP contribution in [-0.2, 0) is 22.1 Å². The SMILES string of the molecule is Cc1ccc(NC(=O)Cc2cccc(C(F)(F)F)c2)c(OCC2CCCO2)c1. The Balaban J connectivity index is 1.66. The molecular formula is C21H22F3NO3. The van der Waals surface area contributed by atoms with Gasteiger partial charge in [0.15, 0.2) is 0 Å². The van der Waals surface area contributed by atoms with E-state index in [0.29, 0.717) is 23.6 Å². The van der Waals surface area contributed by atoms with Gasteiger partial charge in [0.05, 0.1) is 23.8 Å². The summed E-state index contributed by atoms with van der Waals surface area (Å²) in [7, 11) is 0. The van der Waals surface area contributed by atoms with Gasteiger partial charge in [0.1, 0.15) is 12.4 Å². The smallest absolute Gasteiger partial charge is 0.416 e. The number of nitrogens with one attached hydrogen (secondary N) is 1. The largest absolute Gasteiger partial charge is 0.489 e. The standard InChI is InChI=1S/C21H22F3NO3/c1-14-7-8-18(19(10-14)28-13-17-6-3-9-27-17)25-20(26)12-15-4-2-5-16(11-15)21(22,23)24/h2,4-5,7-8,10-11,17H,3,6,9,12-13H2,1H3,(H,25,26). The average molecular weight is 393 g/mol. The zero-order valence-electron chi connectivity index (χ0n) is 15.5. The third kappa shape index (κ3) is 5.48. The molecule has 0 radical (unpaired) electrons. The number of alkyl halides is 3. The van der Waals surface area contributed by atoms with Crippen molar-refractivity contribution in [1.82, 2.24) is 0 Å². The first-order valence-electron chi connectivity index (χ1n) is 9.12. The van der Waals surface area contributed by atoms with E-state index in [1.165, 1.54) is 12.1 Å². The fourth-order valence-corrected chi connectivity index (χ4v) is 3.05. The summed E-state index contributed by atoms with van der Waals surface area (Å²) in [5, 5.41) is 2.73. The van der Waals surface area contributed by atoms with Crippen LogP contribution in [0.15, 0.2) is 42.5 Å². The van der Waals surface area contributed by atoms with Crippen molar-refractivity contribution in [3.05, 3.63) is 59.2 Å². The van der Waals surface area contributed by atoms with Crippen molar-refractivity contribution in [2.24, 2.45) is 0 Å². The molecule has 28 heavy (non-hydrogen) atoms. The Kier molecular flexibility index (Phi) is 6.24. The summed E-state index contributed by atoms with van der Waals surface area (Å²) in [4.78, 5) is 12.4. The molecule has 7 heteroatoms. The summed E-state index contributed by atoms with van der Waals surface area (Å²) < 4.78 is 49.9. The van der Waals surface area contributed by atoms with E-state index < -0.39 is 17.6 Å². The van der Waals surface area contributed by atoms with Crippen molar-refractivity contribution in [2.45, 2.75) is 38.5 Å². The lowest BCUT2D eigenvalue weighted by molar-refractivity contribution is -0.137. The predicted molar refractivity (Wildman–Crippen MR) is 99.4 cm³/mol. The Hall–Kier alpha value is -2.54. The molecular weight excluding hydrogens is 371 g/mol. The number of amides is 1. The monoisotopic (exact) mass is 393 g/mol. The summed E-state index contributed by atoms with van der Waals surface area (Å²) in [6.07, 6.45) is -2.63. The highest BCUT2D eigenvalue weighted by molar-refractivity contribution is 5.93. The summed E-state index contributed by atoms with van der Waals surface area (Å²) in [6, 6.07) is 10.1. The van der Waals surface area contributed by atoms with Crippen molar-refractivity contribution in [2.75, 3.05) is 18.5 Å².